The number of hydrogen-bond acceptors (Lipinski definition) is 4. The molecule has 82 valence electrons. The molecule has 0 fully saturated rings. The zero-order valence-corrected chi connectivity index (χ0v) is 9.29. The molecule has 0 aromatic rings. The molecule has 1 atom stereocenters. The van der Waals surface area contributed by atoms with Crippen molar-refractivity contribution in [3.8, 4) is 0 Å². The lowest BCUT2D eigenvalue weighted by atomic mass is 9.87. The van der Waals surface area contributed by atoms with Crippen molar-refractivity contribution < 1.29 is 14.3 Å². The molecule has 14 heavy (non-hydrogen) atoms. The van der Waals surface area contributed by atoms with Crippen LogP contribution in [0, 0.1) is 5.41 Å². The Labute approximate surface area is 84.8 Å². The minimum absolute atomic E-state index is 0.0296. The molecule has 0 aliphatic rings. The average molecular weight is 201 g/mol. The van der Waals surface area contributed by atoms with Gasteiger partial charge in [-0.05, 0) is 6.92 Å². The molecule has 0 amide bonds. The van der Waals surface area contributed by atoms with E-state index in [4.69, 9.17) is 10.5 Å². The van der Waals surface area contributed by atoms with Crippen molar-refractivity contribution in [1.29, 1.82) is 0 Å². The van der Waals surface area contributed by atoms with Crippen LogP contribution >= 0.6 is 0 Å². The summed E-state index contributed by atoms with van der Waals surface area (Å²) in [6.07, 6.45) is 0.0440. The summed E-state index contributed by atoms with van der Waals surface area (Å²) in [5, 5.41) is 0. The van der Waals surface area contributed by atoms with Crippen LogP contribution in [0.2, 0.25) is 0 Å². The number of nitrogens with two attached hydrogens (primary N) is 1. The quantitative estimate of drug-likeness (QED) is 0.685. The maximum absolute atomic E-state index is 11.5. The normalized spacial score (nSPS) is 13.5. The monoisotopic (exact) mass is 201 g/mol. The van der Waals surface area contributed by atoms with Crippen LogP contribution in [0.5, 0.6) is 0 Å². The van der Waals surface area contributed by atoms with Gasteiger partial charge in [-0.3, -0.25) is 9.59 Å². The fraction of sp³-hybridized carbons (Fsp3) is 0.800. The summed E-state index contributed by atoms with van der Waals surface area (Å²) in [4.78, 5) is 22.6. The topological polar surface area (TPSA) is 69.4 Å². The summed E-state index contributed by atoms with van der Waals surface area (Å²) >= 11 is 0. The van der Waals surface area contributed by atoms with Gasteiger partial charge in [0.1, 0.15) is 11.8 Å². The third-order valence-corrected chi connectivity index (χ3v) is 1.83. The summed E-state index contributed by atoms with van der Waals surface area (Å²) < 4.78 is 4.70. The molecular formula is C10H19NO3. The van der Waals surface area contributed by atoms with Crippen molar-refractivity contribution >= 4 is 11.8 Å². The number of ether oxygens (including phenoxy) is 1. The van der Waals surface area contributed by atoms with Gasteiger partial charge in [-0.2, -0.15) is 0 Å². The van der Waals surface area contributed by atoms with Crippen LogP contribution in [0.1, 0.15) is 34.1 Å². The van der Waals surface area contributed by atoms with E-state index in [0.29, 0.717) is 0 Å². The van der Waals surface area contributed by atoms with E-state index in [9.17, 15) is 9.59 Å². The first-order chi connectivity index (χ1) is 6.29. The van der Waals surface area contributed by atoms with E-state index < -0.39 is 17.4 Å². The van der Waals surface area contributed by atoms with Crippen molar-refractivity contribution in [2.24, 2.45) is 11.1 Å². The summed E-state index contributed by atoms with van der Waals surface area (Å²) in [5.74, 6) is -0.539. The van der Waals surface area contributed by atoms with E-state index in [1.807, 2.05) is 0 Å². The van der Waals surface area contributed by atoms with Crippen LogP contribution in [0.3, 0.4) is 0 Å². The van der Waals surface area contributed by atoms with E-state index in [1.165, 1.54) is 0 Å². The van der Waals surface area contributed by atoms with Gasteiger partial charge in [-0.15, -0.1) is 0 Å². The van der Waals surface area contributed by atoms with Gasteiger partial charge in [-0.25, -0.2) is 0 Å². The lowest BCUT2D eigenvalue weighted by Crippen LogP contribution is -2.37. The summed E-state index contributed by atoms with van der Waals surface area (Å²) in [6, 6.07) is -0.832. The highest BCUT2D eigenvalue weighted by molar-refractivity contribution is 5.89. The van der Waals surface area contributed by atoms with Crippen LogP contribution in [-0.2, 0) is 14.3 Å². The van der Waals surface area contributed by atoms with Crippen LogP contribution in [0.25, 0.3) is 0 Å². The SMILES string of the molecule is CCOC(=O)C(N)CC(=O)C(C)(C)C. The molecule has 0 bridgehead atoms. The summed E-state index contributed by atoms with van der Waals surface area (Å²) in [5.41, 5.74) is 5.05. The minimum atomic E-state index is -0.832. The maximum Gasteiger partial charge on any atom is 0.323 e. The van der Waals surface area contributed by atoms with Gasteiger partial charge >= 0.3 is 5.97 Å². The molecule has 0 aliphatic heterocycles. The van der Waals surface area contributed by atoms with E-state index in [-0.39, 0.29) is 18.8 Å². The molecule has 4 nitrogen and oxygen atoms in total. The highest BCUT2D eigenvalue weighted by atomic mass is 16.5. The molecule has 0 heterocycles. The number of rotatable bonds is 4. The Morgan fingerprint density at radius 1 is 1.36 bits per heavy atom. The van der Waals surface area contributed by atoms with Gasteiger partial charge in [0.05, 0.1) is 6.61 Å². The first-order valence-corrected chi connectivity index (χ1v) is 4.74. The number of carbonyl (C=O) groups is 2. The number of Topliss-reactive ketones (excluding diaryl/α,β-unsaturated/α-hetero) is 1. The summed E-state index contributed by atoms with van der Waals surface area (Å²) in [6.45, 7) is 7.39. The van der Waals surface area contributed by atoms with E-state index >= 15 is 0 Å². The van der Waals surface area contributed by atoms with E-state index in [2.05, 4.69) is 0 Å². The predicted molar refractivity (Wildman–Crippen MR) is 53.7 cm³/mol. The van der Waals surface area contributed by atoms with Crippen molar-refractivity contribution in [1.82, 2.24) is 0 Å². The second kappa shape index (κ2) is 5.10. The van der Waals surface area contributed by atoms with E-state index in [1.54, 1.807) is 27.7 Å². The van der Waals surface area contributed by atoms with Gasteiger partial charge < -0.3 is 10.5 Å². The predicted octanol–water partition coefficient (Wildman–Crippen LogP) is 0.882. The largest absolute Gasteiger partial charge is 0.465 e. The highest BCUT2D eigenvalue weighted by Gasteiger charge is 2.26. The standard InChI is InChI=1S/C10H19NO3/c1-5-14-9(13)7(11)6-8(12)10(2,3)4/h7H,5-6,11H2,1-4H3. The van der Waals surface area contributed by atoms with Crippen LogP contribution < -0.4 is 5.73 Å². The van der Waals surface area contributed by atoms with Crippen LogP contribution in [0.4, 0.5) is 0 Å². The summed E-state index contributed by atoms with van der Waals surface area (Å²) in [7, 11) is 0. The molecule has 0 spiro atoms. The Bertz CT molecular complexity index is 218. The molecule has 4 heteroatoms. The molecule has 0 saturated carbocycles. The van der Waals surface area contributed by atoms with Crippen molar-refractivity contribution in [3.63, 3.8) is 0 Å². The molecule has 0 aromatic carbocycles. The second-order valence-corrected chi connectivity index (χ2v) is 4.24. The van der Waals surface area contributed by atoms with Crippen molar-refractivity contribution in [2.45, 2.75) is 40.2 Å². The lowest BCUT2D eigenvalue weighted by molar-refractivity contribution is -0.146. The zero-order valence-electron chi connectivity index (χ0n) is 9.29. The van der Waals surface area contributed by atoms with Crippen LogP contribution in [-0.4, -0.2) is 24.4 Å². The number of ketones is 1. The highest BCUT2D eigenvalue weighted by Crippen LogP contribution is 2.17. The Morgan fingerprint density at radius 2 is 1.86 bits per heavy atom. The average Bonchev–Trinajstić information content (AvgIpc) is 2.02. The van der Waals surface area contributed by atoms with Gasteiger partial charge in [0.2, 0.25) is 0 Å². The Kier molecular flexibility index (Phi) is 4.77. The Hall–Kier alpha value is -0.900. The third-order valence-electron chi connectivity index (χ3n) is 1.83. The van der Waals surface area contributed by atoms with Crippen LogP contribution in [0.15, 0.2) is 0 Å². The van der Waals surface area contributed by atoms with Crippen molar-refractivity contribution in [2.75, 3.05) is 6.61 Å². The van der Waals surface area contributed by atoms with Gasteiger partial charge in [0.15, 0.2) is 0 Å². The van der Waals surface area contributed by atoms with Gasteiger partial charge in [-0.1, -0.05) is 20.8 Å². The number of hydrogen-bond donors (Lipinski definition) is 1. The van der Waals surface area contributed by atoms with Gasteiger partial charge in [0, 0.05) is 11.8 Å². The first kappa shape index (κ1) is 13.1. The Balaban J connectivity index is 4.13. The number of esters is 1. The third kappa shape index (κ3) is 4.37. The molecule has 0 aromatic heterocycles. The molecule has 0 aliphatic carbocycles. The zero-order chi connectivity index (χ0) is 11.4. The molecule has 2 N–H and O–H groups in total. The lowest BCUT2D eigenvalue weighted by Gasteiger charge is -2.18. The Morgan fingerprint density at radius 3 is 2.21 bits per heavy atom. The molecule has 0 rings (SSSR count). The second-order valence-electron chi connectivity index (χ2n) is 4.24. The molecule has 0 radical (unpaired) electrons. The maximum atomic E-state index is 11.5. The van der Waals surface area contributed by atoms with Gasteiger partial charge in [0.25, 0.3) is 0 Å². The van der Waals surface area contributed by atoms with E-state index in [0.717, 1.165) is 0 Å². The first-order valence-electron chi connectivity index (χ1n) is 4.74. The minimum Gasteiger partial charge on any atom is -0.465 e. The van der Waals surface area contributed by atoms with Crippen molar-refractivity contribution in [3.05, 3.63) is 0 Å². The molecule has 0 saturated heterocycles. The smallest absolute Gasteiger partial charge is 0.323 e. The molecular weight excluding hydrogens is 182 g/mol. The number of carbonyl (C=O) groups excluding carboxylic acids is 2. The molecule has 1 unspecified atom stereocenters. The fourth-order valence-electron chi connectivity index (χ4n) is 0.839. The fourth-order valence-corrected chi connectivity index (χ4v) is 0.839.